The van der Waals surface area contributed by atoms with Gasteiger partial charge in [0.1, 0.15) is 5.69 Å². The van der Waals surface area contributed by atoms with E-state index in [0.717, 1.165) is 0 Å². The van der Waals surface area contributed by atoms with E-state index < -0.39 is 5.97 Å². The molecular weight excluding hydrogens is 238 g/mol. The van der Waals surface area contributed by atoms with Gasteiger partial charge in [0.25, 0.3) is 0 Å². The summed E-state index contributed by atoms with van der Waals surface area (Å²) in [5.41, 5.74) is 0.483. The molecule has 0 amide bonds. The van der Waals surface area contributed by atoms with Crippen LogP contribution in [0.25, 0.3) is 0 Å². The predicted octanol–water partition coefficient (Wildman–Crippen LogP) is 1.69. The van der Waals surface area contributed by atoms with E-state index in [-0.39, 0.29) is 11.5 Å². The third kappa shape index (κ3) is 1.65. The third-order valence-electron chi connectivity index (χ3n) is 1.76. The summed E-state index contributed by atoms with van der Waals surface area (Å²) in [6, 6.07) is 1.36. The monoisotopic (exact) mass is 245 g/mol. The second-order valence-electron chi connectivity index (χ2n) is 2.65. The molecule has 0 unspecified atom stereocenters. The highest BCUT2D eigenvalue weighted by Gasteiger charge is 2.17. The number of carboxylic acids is 1. The van der Waals surface area contributed by atoms with E-state index in [9.17, 15) is 9.59 Å². The maximum Gasteiger partial charge on any atom is 0.352 e. The molecule has 0 atom stereocenters. The molecule has 0 aromatic carbocycles. The van der Waals surface area contributed by atoms with Crippen molar-refractivity contribution in [3.63, 3.8) is 0 Å². The van der Waals surface area contributed by atoms with Crippen LogP contribution in [0.2, 0.25) is 0 Å². The second kappa shape index (κ2) is 3.33. The van der Waals surface area contributed by atoms with Crippen molar-refractivity contribution in [2.75, 3.05) is 0 Å². The van der Waals surface area contributed by atoms with Crippen molar-refractivity contribution in [3.05, 3.63) is 21.9 Å². The first-order valence-electron chi connectivity index (χ1n) is 3.54. The van der Waals surface area contributed by atoms with Crippen molar-refractivity contribution in [1.29, 1.82) is 0 Å². The second-order valence-corrected chi connectivity index (χ2v) is 3.41. The van der Waals surface area contributed by atoms with Crippen molar-refractivity contribution >= 4 is 27.7 Å². The van der Waals surface area contributed by atoms with Gasteiger partial charge in [-0.15, -0.1) is 0 Å². The molecule has 0 aliphatic heterocycles. The van der Waals surface area contributed by atoms with Crippen molar-refractivity contribution in [2.24, 2.45) is 7.05 Å². The lowest BCUT2D eigenvalue weighted by atomic mass is 10.2. The molecular formula is C8H8BrNO3. The Morgan fingerprint density at radius 2 is 2.08 bits per heavy atom. The maximum absolute atomic E-state index is 11.0. The molecule has 0 spiro atoms. The van der Waals surface area contributed by atoms with Gasteiger partial charge in [0, 0.05) is 7.05 Å². The standard InChI is InChI=1S/C8H8BrNO3/c1-4(11)5-3-6(8(12)13)10(2)7(5)9/h3H,1-2H3,(H,12,13). The number of carboxylic acid groups (broad SMARTS) is 1. The number of aromatic carboxylic acids is 1. The number of carbonyl (C=O) groups is 2. The lowest BCUT2D eigenvalue weighted by Crippen LogP contribution is -2.03. The Balaban J connectivity index is 3.36. The lowest BCUT2D eigenvalue weighted by Gasteiger charge is -1.97. The van der Waals surface area contributed by atoms with Crippen LogP contribution >= 0.6 is 15.9 Å². The van der Waals surface area contributed by atoms with E-state index in [4.69, 9.17) is 5.11 Å². The van der Waals surface area contributed by atoms with E-state index in [1.807, 2.05) is 0 Å². The molecule has 4 nitrogen and oxygen atoms in total. The molecule has 0 saturated carbocycles. The van der Waals surface area contributed by atoms with Crippen LogP contribution in [-0.4, -0.2) is 21.4 Å². The van der Waals surface area contributed by atoms with Crippen LogP contribution in [-0.2, 0) is 7.05 Å². The van der Waals surface area contributed by atoms with Crippen LogP contribution in [0, 0.1) is 0 Å². The van der Waals surface area contributed by atoms with Crippen LogP contribution in [0.15, 0.2) is 10.7 Å². The minimum absolute atomic E-state index is 0.0945. The number of carbonyl (C=O) groups excluding carboxylic acids is 1. The Labute approximate surface area is 83.3 Å². The molecule has 0 bridgehead atoms. The molecule has 0 fully saturated rings. The van der Waals surface area contributed by atoms with E-state index in [0.29, 0.717) is 10.2 Å². The lowest BCUT2D eigenvalue weighted by molar-refractivity contribution is 0.0686. The van der Waals surface area contributed by atoms with Crippen molar-refractivity contribution < 1.29 is 14.7 Å². The Morgan fingerprint density at radius 3 is 2.31 bits per heavy atom. The number of rotatable bonds is 2. The van der Waals surface area contributed by atoms with Gasteiger partial charge >= 0.3 is 5.97 Å². The van der Waals surface area contributed by atoms with Gasteiger partial charge in [-0.05, 0) is 28.9 Å². The van der Waals surface area contributed by atoms with Crippen molar-refractivity contribution in [2.45, 2.75) is 6.92 Å². The summed E-state index contributed by atoms with van der Waals surface area (Å²) in [7, 11) is 1.58. The summed E-state index contributed by atoms with van der Waals surface area (Å²) < 4.78 is 1.91. The largest absolute Gasteiger partial charge is 0.477 e. The topological polar surface area (TPSA) is 59.3 Å². The van der Waals surface area contributed by atoms with Crippen LogP contribution in [0.4, 0.5) is 0 Å². The molecule has 0 saturated heterocycles. The predicted molar refractivity (Wildman–Crippen MR) is 50.1 cm³/mol. The Hall–Kier alpha value is -1.10. The fraction of sp³-hybridized carbons (Fsp3) is 0.250. The normalized spacial score (nSPS) is 10.1. The number of Topliss-reactive ketones (excluding diaryl/α,β-unsaturated/α-hetero) is 1. The van der Waals surface area contributed by atoms with Crippen LogP contribution in [0.3, 0.4) is 0 Å². The van der Waals surface area contributed by atoms with Gasteiger partial charge in [-0.25, -0.2) is 4.79 Å². The van der Waals surface area contributed by atoms with Gasteiger partial charge in [-0.3, -0.25) is 4.79 Å². The van der Waals surface area contributed by atoms with E-state index >= 15 is 0 Å². The molecule has 0 aliphatic rings. The number of aromatic nitrogens is 1. The molecule has 13 heavy (non-hydrogen) atoms. The Kier molecular flexibility index (Phi) is 2.56. The van der Waals surface area contributed by atoms with Gasteiger partial charge in [-0.1, -0.05) is 0 Å². The number of hydrogen-bond acceptors (Lipinski definition) is 2. The molecule has 70 valence electrons. The average molecular weight is 246 g/mol. The Bertz CT molecular complexity index is 346. The molecule has 1 aromatic heterocycles. The van der Waals surface area contributed by atoms with Gasteiger partial charge in [0.2, 0.25) is 0 Å². The third-order valence-corrected chi connectivity index (χ3v) is 2.72. The van der Waals surface area contributed by atoms with E-state index in [2.05, 4.69) is 15.9 Å². The maximum atomic E-state index is 11.0. The zero-order valence-corrected chi connectivity index (χ0v) is 8.75. The number of ketones is 1. The van der Waals surface area contributed by atoms with E-state index in [1.165, 1.54) is 17.6 Å². The highest BCUT2D eigenvalue weighted by molar-refractivity contribution is 9.10. The number of hydrogen-bond donors (Lipinski definition) is 1. The quantitative estimate of drug-likeness (QED) is 0.807. The summed E-state index contributed by atoms with van der Waals surface area (Å²) in [5.74, 6) is -1.20. The fourth-order valence-corrected chi connectivity index (χ4v) is 1.62. The average Bonchev–Trinajstić information content (AvgIpc) is 2.29. The number of nitrogens with zero attached hydrogens (tertiary/aromatic N) is 1. The summed E-state index contributed by atoms with van der Waals surface area (Å²) in [5, 5.41) is 8.73. The summed E-state index contributed by atoms with van der Waals surface area (Å²) in [6.45, 7) is 1.39. The highest BCUT2D eigenvalue weighted by Crippen LogP contribution is 2.21. The first kappa shape index (κ1) is 9.98. The minimum atomic E-state index is -1.05. The molecule has 0 radical (unpaired) electrons. The molecule has 1 N–H and O–H groups in total. The van der Waals surface area contributed by atoms with E-state index in [1.54, 1.807) is 7.05 Å². The molecule has 1 rings (SSSR count). The van der Waals surface area contributed by atoms with Gasteiger partial charge in [0.05, 0.1) is 10.2 Å². The molecule has 5 heteroatoms. The molecule has 1 heterocycles. The fourth-order valence-electron chi connectivity index (χ4n) is 1.03. The summed E-state index contributed by atoms with van der Waals surface area (Å²) in [6.07, 6.45) is 0. The van der Waals surface area contributed by atoms with Gasteiger partial charge in [0.15, 0.2) is 5.78 Å². The first-order valence-corrected chi connectivity index (χ1v) is 4.34. The van der Waals surface area contributed by atoms with Crippen molar-refractivity contribution in [3.8, 4) is 0 Å². The van der Waals surface area contributed by atoms with Crippen molar-refractivity contribution in [1.82, 2.24) is 4.57 Å². The van der Waals surface area contributed by atoms with Crippen LogP contribution < -0.4 is 0 Å². The minimum Gasteiger partial charge on any atom is -0.477 e. The molecule has 0 aliphatic carbocycles. The van der Waals surface area contributed by atoms with Crippen LogP contribution in [0.1, 0.15) is 27.8 Å². The number of halogens is 1. The SMILES string of the molecule is CC(=O)c1cc(C(=O)O)n(C)c1Br. The molecule has 1 aromatic rings. The van der Waals surface area contributed by atoms with Gasteiger partial charge < -0.3 is 9.67 Å². The highest BCUT2D eigenvalue weighted by atomic mass is 79.9. The zero-order chi connectivity index (χ0) is 10.2. The first-order chi connectivity index (χ1) is 5.95. The smallest absolute Gasteiger partial charge is 0.352 e. The zero-order valence-electron chi connectivity index (χ0n) is 7.17. The Morgan fingerprint density at radius 1 is 1.54 bits per heavy atom. The van der Waals surface area contributed by atoms with Gasteiger partial charge in [-0.2, -0.15) is 0 Å². The van der Waals surface area contributed by atoms with Crippen LogP contribution in [0.5, 0.6) is 0 Å². The summed E-state index contributed by atoms with van der Waals surface area (Å²) in [4.78, 5) is 21.7. The summed E-state index contributed by atoms with van der Waals surface area (Å²) >= 11 is 3.15.